The average molecular weight is 423 g/mol. The summed E-state index contributed by atoms with van der Waals surface area (Å²) in [6, 6.07) is 10.8. The Morgan fingerprint density at radius 3 is 2.07 bits per heavy atom. The minimum atomic E-state index is -3.90. The smallest absolute Gasteiger partial charge is 0.246 e. The van der Waals surface area contributed by atoms with Crippen LogP contribution in [0.25, 0.3) is 0 Å². The molecule has 156 valence electrons. The first-order chi connectivity index (χ1) is 13.7. The fraction of sp³-hybridized carbons (Fsp3) is 0.350. The molecule has 1 fully saturated rings. The Morgan fingerprint density at radius 1 is 0.966 bits per heavy atom. The molecule has 1 saturated heterocycles. The van der Waals surface area contributed by atoms with Crippen LogP contribution in [0.1, 0.15) is 6.92 Å². The van der Waals surface area contributed by atoms with E-state index in [-0.39, 0.29) is 11.5 Å². The van der Waals surface area contributed by atoms with Crippen LogP contribution < -0.4 is 9.21 Å². The van der Waals surface area contributed by atoms with Gasteiger partial charge in [0.05, 0.1) is 17.6 Å². The van der Waals surface area contributed by atoms with Crippen molar-refractivity contribution in [3.8, 4) is 0 Å². The maximum Gasteiger partial charge on any atom is 0.246 e. The van der Waals surface area contributed by atoms with Crippen molar-refractivity contribution < 1.29 is 22.0 Å². The summed E-state index contributed by atoms with van der Waals surface area (Å²) < 4.78 is 53.7. The fourth-order valence-electron chi connectivity index (χ4n) is 3.55. The van der Waals surface area contributed by atoms with E-state index in [2.05, 4.69) is 0 Å². The number of sulfonamides is 1. The molecule has 1 heterocycles. The van der Waals surface area contributed by atoms with E-state index in [0.29, 0.717) is 31.9 Å². The molecule has 1 atom stereocenters. The second kappa shape index (κ2) is 8.36. The lowest BCUT2D eigenvalue weighted by Crippen LogP contribution is -2.55. The summed E-state index contributed by atoms with van der Waals surface area (Å²) in [6.07, 6.45) is 0.944. The Balaban J connectivity index is 1.76. The first-order valence-corrected chi connectivity index (χ1v) is 11.1. The first kappa shape index (κ1) is 21.0. The van der Waals surface area contributed by atoms with Crippen molar-refractivity contribution in [2.45, 2.75) is 13.0 Å². The third-order valence-corrected chi connectivity index (χ3v) is 6.17. The van der Waals surface area contributed by atoms with E-state index >= 15 is 0 Å². The second-order valence-electron chi connectivity index (χ2n) is 6.95. The highest BCUT2D eigenvalue weighted by Gasteiger charge is 2.34. The molecule has 0 N–H and O–H groups in total. The van der Waals surface area contributed by atoms with E-state index in [1.165, 1.54) is 36.1 Å². The maximum atomic E-state index is 14.2. The van der Waals surface area contributed by atoms with E-state index in [1.54, 1.807) is 18.2 Å². The standard InChI is InChI=1S/C20H23F2N3O3S/c1-15(25(29(2,27)28)19-10-6-4-8-17(19)22)20(26)24-13-11-23(12-14-24)18-9-5-3-7-16(18)21/h3-10,15H,11-14H2,1-2H3. The molecule has 3 rings (SSSR count). The number of carbonyl (C=O) groups is 1. The molecule has 0 aromatic heterocycles. The van der Waals surface area contributed by atoms with Crippen molar-refractivity contribution >= 4 is 27.3 Å². The van der Waals surface area contributed by atoms with Gasteiger partial charge < -0.3 is 9.80 Å². The summed E-state index contributed by atoms with van der Waals surface area (Å²) in [7, 11) is -3.90. The van der Waals surface area contributed by atoms with Gasteiger partial charge in [-0.15, -0.1) is 0 Å². The number of piperazine rings is 1. The van der Waals surface area contributed by atoms with Crippen LogP contribution in [0, 0.1) is 11.6 Å². The molecule has 1 aliphatic rings. The molecule has 29 heavy (non-hydrogen) atoms. The SMILES string of the molecule is CC(C(=O)N1CCN(c2ccccc2F)CC1)N(c1ccccc1F)S(C)(=O)=O. The van der Waals surface area contributed by atoms with Crippen molar-refractivity contribution in [3.63, 3.8) is 0 Å². The normalized spacial score (nSPS) is 15.9. The molecule has 0 aliphatic carbocycles. The Morgan fingerprint density at radius 2 is 1.52 bits per heavy atom. The molecule has 0 saturated carbocycles. The van der Waals surface area contributed by atoms with Gasteiger partial charge in [-0.05, 0) is 31.2 Å². The number of para-hydroxylation sites is 2. The number of benzene rings is 2. The van der Waals surface area contributed by atoms with Gasteiger partial charge in [0, 0.05) is 26.2 Å². The Bertz CT molecular complexity index is 992. The number of nitrogens with zero attached hydrogens (tertiary/aromatic N) is 3. The monoisotopic (exact) mass is 423 g/mol. The van der Waals surface area contributed by atoms with E-state index in [1.807, 2.05) is 4.90 Å². The lowest BCUT2D eigenvalue weighted by Gasteiger charge is -2.39. The number of amides is 1. The number of hydrogen-bond donors (Lipinski definition) is 0. The zero-order chi connectivity index (χ0) is 21.2. The largest absolute Gasteiger partial charge is 0.366 e. The average Bonchev–Trinajstić information content (AvgIpc) is 2.68. The van der Waals surface area contributed by atoms with Crippen molar-refractivity contribution in [1.29, 1.82) is 0 Å². The third kappa shape index (κ3) is 4.50. The minimum absolute atomic E-state index is 0.166. The van der Waals surface area contributed by atoms with Crippen LogP contribution in [0.5, 0.6) is 0 Å². The fourth-order valence-corrected chi connectivity index (χ4v) is 4.72. The summed E-state index contributed by atoms with van der Waals surface area (Å²) in [6.45, 7) is 2.90. The lowest BCUT2D eigenvalue weighted by atomic mass is 10.2. The zero-order valence-corrected chi connectivity index (χ0v) is 17.1. The molecular formula is C20H23F2N3O3S. The van der Waals surface area contributed by atoms with Gasteiger partial charge in [-0.3, -0.25) is 9.10 Å². The van der Waals surface area contributed by atoms with Gasteiger partial charge >= 0.3 is 0 Å². The molecular weight excluding hydrogens is 400 g/mol. The maximum absolute atomic E-state index is 14.2. The van der Waals surface area contributed by atoms with Crippen molar-refractivity contribution in [2.24, 2.45) is 0 Å². The molecule has 1 unspecified atom stereocenters. The number of anilines is 2. The molecule has 0 radical (unpaired) electrons. The van der Waals surface area contributed by atoms with Crippen LogP contribution in [0.15, 0.2) is 48.5 Å². The topological polar surface area (TPSA) is 60.9 Å². The van der Waals surface area contributed by atoms with E-state index in [0.717, 1.165) is 16.6 Å². The van der Waals surface area contributed by atoms with E-state index in [4.69, 9.17) is 0 Å². The molecule has 1 amide bonds. The number of carbonyl (C=O) groups excluding carboxylic acids is 1. The molecule has 0 bridgehead atoms. The van der Waals surface area contributed by atoms with Crippen LogP contribution in [-0.2, 0) is 14.8 Å². The van der Waals surface area contributed by atoms with Crippen LogP contribution in [-0.4, -0.2) is 57.7 Å². The van der Waals surface area contributed by atoms with Crippen LogP contribution in [0.2, 0.25) is 0 Å². The molecule has 9 heteroatoms. The van der Waals surface area contributed by atoms with Crippen molar-refractivity contribution in [1.82, 2.24) is 4.90 Å². The highest BCUT2D eigenvalue weighted by molar-refractivity contribution is 7.92. The molecule has 1 aliphatic heterocycles. The predicted octanol–water partition coefficient (Wildman–Crippen LogP) is 2.47. The van der Waals surface area contributed by atoms with E-state index < -0.39 is 27.8 Å². The van der Waals surface area contributed by atoms with Gasteiger partial charge in [-0.2, -0.15) is 0 Å². The van der Waals surface area contributed by atoms with Crippen LogP contribution in [0.4, 0.5) is 20.2 Å². The van der Waals surface area contributed by atoms with Gasteiger partial charge in [0.15, 0.2) is 0 Å². The molecule has 0 spiro atoms. The van der Waals surface area contributed by atoms with E-state index in [9.17, 15) is 22.0 Å². The van der Waals surface area contributed by atoms with Crippen molar-refractivity contribution in [3.05, 3.63) is 60.2 Å². The van der Waals surface area contributed by atoms with Gasteiger partial charge in [0.25, 0.3) is 0 Å². The molecule has 2 aromatic carbocycles. The summed E-state index contributed by atoms with van der Waals surface area (Å²) in [5.41, 5.74) is 0.303. The van der Waals surface area contributed by atoms with Gasteiger partial charge in [-0.25, -0.2) is 17.2 Å². The zero-order valence-electron chi connectivity index (χ0n) is 16.3. The third-order valence-electron chi connectivity index (χ3n) is 4.94. The highest BCUT2D eigenvalue weighted by Crippen LogP contribution is 2.26. The number of rotatable bonds is 5. The van der Waals surface area contributed by atoms with Gasteiger partial charge in [0.2, 0.25) is 15.9 Å². The van der Waals surface area contributed by atoms with Crippen molar-refractivity contribution in [2.75, 3.05) is 41.6 Å². The van der Waals surface area contributed by atoms with Crippen LogP contribution in [0.3, 0.4) is 0 Å². The first-order valence-electron chi connectivity index (χ1n) is 9.22. The summed E-state index contributed by atoms with van der Waals surface area (Å²) in [4.78, 5) is 16.4. The number of hydrogen-bond acceptors (Lipinski definition) is 4. The van der Waals surface area contributed by atoms with Crippen LogP contribution >= 0.6 is 0 Å². The second-order valence-corrected chi connectivity index (χ2v) is 8.81. The van der Waals surface area contributed by atoms with Gasteiger partial charge in [-0.1, -0.05) is 24.3 Å². The lowest BCUT2D eigenvalue weighted by molar-refractivity contribution is -0.132. The molecule has 6 nitrogen and oxygen atoms in total. The number of halogens is 2. The Hall–Kier alpha value is -2.68. The Kier molecular flexibility index (Phi) is 6.07. The Labute approximate surface area is 169 Å². The minimum Gasteiger partial charge on any atom is -0.366 e. The highest BCUT2D eigenvalue weighted by atomic mass is 32.2. The van der Waals surface area contributed by atoms with Gasteiger partial charge in [0.1, 0.15) is 17.7 Å². The molecule has 2 aromatic rings. The quantitative estimate of drug-likeness (QED) is 0.741. The predicted molar refractivity (Wildman–Crippen MR) is 108 cm³/mol. The summed E-state index contributed by atoms with van der Waals surface area (Å²) >= 11 is 0. The summed E-state index contributed by atoms with van der Waals surface area (Å²) in [5.74, 6) is -1.47. The summed E-state index contributed by atoms with van der Waals surface area (Å²) in [5, 5.41) is 0.